The van der Waals surface area contributed by atoms with E-state index < -0.39 is 115 Å². The van der Waals surface area contributed by atoms with Gasteiger partial charge in [-0.25, -0.2) is 0 Å². The van der Waals surface area contributed by atoms with Crippen LogP contribution < -0.4 is 53.6 Å². The zero-order valence-corrected chi connectivity index (χ0v) is 37.5. The van der Waals surface area contributed by atoms with Gasteiger partial charge in [-0.15, -0.1) is 0 Å². The Hall–Kier alpha value is -6.90. The first-order valence-corrected chi connectivity index (χ1v) is 21.4. The maximum atomic E-state index is 13.4. The van der Waals surface area contributed by atoms with Crippen LogP contribution in [0, 0.1) is 5.92 Å². The average molecular weight is 909 g/mol. The summed E-state index contributed by atoms with van der Waals surface area (Å²) in [5.74, 6) is -7.54. The Morgan fingerprint density at radius 2 is 0.969 bits per heavy atom. The maximum absolute atomic E-state index is 13.4. The van der Waals surface area contributed by atoms with Crippen molar-refractivity contribution in [2.45, 2.75) is 109 Å². The van der Waals surface area contributed by atoms with E-state index in [1.54, 1.807) is 54.6 Å². The van der Waals surface area contributed by atoms with Crippen LogP contribution in [-0.2, 0) is 60.8 Å². The number of carbonyl (C=O) groups excluding carboxylic acids is 9. The molecule has 2 aromatic carbocycles. The monoisotopic (exact) mass is 908 g/mol. The van der Waals surface area contributed by atoms with Crippen LogP contribution in [0.4, 0.5) is 0 Å². The number of amides is 9. The molecule has 0 spiro atoms. The van der Waals surface area contributed by atoms with Crippen LogP contribution in [0.5, 0.6) is 0 Å². The summed E-state index contributed by atoms with van der Waals surface area (Å²) in [6.45, 7) is 6.16. The van der Waals surface area contributed by atoms with Gasteiger partial charge in [0, 0.05) is 19.8 Å². The zero-order valence-electron chi connectivity index (χ0n) is 37.5. The Bertz CT molecular complexity index is 1930. The summed E-state index contributed by atoms with van der Waals surface area (Å²) in [5, 5.41) is 31.4. The number of benzene rings is 2. The van der Waals surface area contributed by atoms with Crippen molar-refractivity contribution in [2.24, 2.45) is 11.7 Å². The third-order valence-electron chi connectivity index (χ3n) is 9.61. The van der Waals surface area contributed by atoms with Gasteiger partial charge < -0.3 is 58.7 Å². The fourth-order valence-corrected chi connectivity index (χ4v) is 6.28. The van der Waals surface area contributed by atoms with E-state index in [1.165, 1.54) is 20.8 Å². The fourth-order valence-electron chi connectivity index (χ4n) is 6.28. The number of nitrogens with two attached hydrogens (primary N) is 1. The minimum atomic E-state index is -1.28. The normalized spacial score (nSPS) is 13.5. The van der Waals surface area contributed by atoms with Crippen molar-refractivity contribution >= 4 is 59.1 Å². The van der Waals surface area contributed by atoms with Crippen molar-refractivity contribution in [1.29, 1.82) is 0 Å². The van der Waals surface area contributed by atoms with E-state index in [1.807, 2.05) is 19.9 Å². The molecule has 2 rings (SSSR count). The van der Waals surface area contributed by atoms with Crippen molar-refractivity contribution in [1.82, 2.24) is 47.9 Å². The van der Waals surface area contributed by atoms with E-state index in [-0.39, 0.29) is 31.6 Å². The first-order valence-electron chi connectivity index (χ1n) is 21.4. The van der Waals surface area contributed by atoms with Gasteiger partial charge in [0.2, 0.25) is 53.2 Å². The van der Waals surface area contributed by atoms with Gasteiger partial charge in [-0.1, -0.05) is 74.5 Å². The highest BCUT2D eigenvalue weighted by Gasteiger charge is 2.30. The van der Waals surface area contributed by atoms with Gasteiger partial charge in [-0.3, -0.25) is 47.9 Å². The van der Waals surface area contributed by atoms with Gasteiger partial charge in [0.15, 0.2) is 0 Å². The molecule has 0 saturated carbocycles. The molecule has 0 aliphatic carbocycles. The second kappa shape index (κ2) is 28.7. The van der Waals surface area contributed by atoms with Crippen LogP contribution in [0.3, 0.4) is 0 Å². The van der Waals surface area contributed by atoms with Crippen LogP contribution >= 0.6 is 0 Å². The molecule has 2 aromatic rings. The molecule has 0 heterocycles. The zero-order chi connectivity index (χ0) is 48.5. The first-order chi connectivity index (χ1) is 30.8. The number of aliphatic carboxylic acids is 1. The largest absolute Gasteiger partial charge is 0.480 e. The minimum Gasteiger partial charge on any atom is -0.480 e. The third kappa shape index (κ3) is 21.8. The van der Waals surface area contributed by atoms with Gasteiger partial charge in [-0.2, -0.15) is 0 Å². The van der Waals surface area contributed by atoms with E-state index in [4.69, 9.17) is 10.8 Å². The van der Waals surface area contributed by atoms with Crippen molar-refractivity contribution < 1.29 is 53.1 Å². The van der Waals surface area contributed by atoms with Gasteiger partial charge in [0.1, 0.15) is 42.8 Å². The van der Waals surface area contributed by atoms with Gasteiger partial charge >= 0.3 is 5.97 Å². The molecule has 0 aliphatic rings. The Morgan fingerprint density at radius 1 is 0.508 bits per heavy atom. The highest BCUT2D eigenvalue weighted by molar-refractivity contribution is 5.96. The summed E-state index contributed by atoms with van der Waals surface area (Å²) in [4.78, 5) is 127. The van der Waals surface area contributed by atoms with Gasteiger partial charge in [-0.05, 0) is 63.1 Å². The molecule has 65 heavy (non-hydrogen) atoms. The summed E-state index contributed by atoms with van der Waals surface area (Å²) in [7, 11) is 0. The quantitative estimate of drug-likeness (QED) is 0.0415. The van der Waals surface area contributed by atoms with Crippen molar-refractivity contribution in [3.8, 4) is 0 Å². The highest BCUT2D eigenvalue weighted by Crippen LogP contribution is 2.09. The molecule has 0 fully saturated rings. The lowest BCUT2D eigenvalue weighted by Gasteiger charge is -2.25. The topological polar surface area (TPSA) is 325 Å². The molecule has 0 radical (unpaired) electrons. The van der Waals surface area contributed by atoms with Gasteiger partial charge in [0.25, 0.3) is 0 Å². The second-order valence-electron chi connectivity index (χ2n) is 15.9. The molecule has 12 N–H and O–H groups in total. The lowest BCUT2D eigenvalue weighted by Crippen LogP contribution is -2.57. The summed E-state index contributed by atoms with van der Waals surface area (Å²) in [6.07, 6.45) is 1.48. The predicted octanol–water partition coefficient (Wildman–Crippen LogP) is -1.95. The van der Waals surface area contributed by atoms with Gasteiger partial charge in [0.05, 0.1) is 13.1 Å². The minimum absolute atomic E-state index is 0.0323. The van der Waals surface area contributed by atoms with Crippen LogP contribution in [0.2, 0.25) is 0 Å². The molecule has 0 unspecified atom stereocenters. The lowest BCUT2D eigenvalue weighted by molar-refractivity contribution is -0.138. The number of hydrogen-bond donors (Lipinski definition) is 11. The molecular weight excluding hydrogens is 845 g/mol. The molecular formula is C44H64N10O11. The molecule has 21 heteroatoms. The van der Waals surface area contributed by atoms with E-state index in [0.29, 0.717) is 24.9 Å². The van der Waals surface area contributed by atoms with E-state index >= 15 is 0 Å². The third-order valence-corrected chi connectivity index (χ3v) is 9.61. The summed E-state index contributed by atoms with van der Waals surface area (Å²) in [5.41, 5.74) is 7.08. The standard InChI is InChI=1S/C44H64N10O11/c1-26(2)20-33(54-44(65)35(51-29(5)55)22-31-16-10-7-11-17-31)43(64)50-27(3)39(60)46-24-37(57)52-32(18-12-13-19-45)41(62)47-23-36(56)49-28(4)40(61)53-34(42(63)48-25-38(58)59)21-30-14-8-6-9-15-30/h6-11,14-17,26-28,32-35H,12-13,18-25,45H2,1-5H3,(H,46,60)(H,47,62)(H,48,63)(H,49,56)(H,50,64)(H,51,55)(H,52,57)(H,53,61)(H,54,65)(H,58,59)/t27-,28-,32-,33-,34-,35-/m0/s1. The molecule has 6 atom stereocenters. The predicted molar refractivity (Wildman–Crippen MR) is 238 cm³/mol. The van der Waals surface area contributed by atoms with E-state index in [2.05, 4.69) is 47.9 Å². The average Bonchev–Trinajstić information content (AvgIpc) is 3.25. The van der Waals surface area contributed by atoms with Crippen molar-refractivity contribution in [2.75, 3.05) is 26.2 Å². The number of unbranched alkanes of at least 4 members (excludes halogenated alkanes) is 1. The van der Waals surface area contributed by atoms with Crippen molar-refractivity contribution in [3.63, 3.8) is 0 Å². The molecule has 0 bridgehead atoms. The molecule has 356 valence electrons. The second-order valence-corrected chi connectivity index (χ2v) is 15.9. The number of carboxylic acid groups (broad SMARTS) is 1. The summed E-state index contributed by atoms with van der Waals surface area (Å²) in [6, 6.07) is 11.0. The number of nitrogens with one attached hydrogen (secondary N) is 9. The summed E-state index contributed by atoms with van der Waals surface area (Å²) < 4.78 is 0. The molecule has 9 amide bonds. The molecule has 0 aliphatic heterocycles. The first kappa shape index (κ1) is 54.2. The molecule has 0 aromatic heterocycles. The Morgan fingerprint density at radius 3 is 1.49 bits per heavy atom. The van der Waals surface area contributed by atoms with E-state index in [0.717, 1.165) is 5.56 Å². The molecule has 0 saturated heterocycles. The maximum Gasteiger partial charge on any atom is 0.322 e. The van der Waals surface area contributed by atoms with Crippen LogP contribution in [0.25, 0.3) is 0 Å². The smallest absolute Gasteiger partial charge is 0.322 e. The van der Waals surface area contributed by atoms with Crippen LogP contribution in [0.15, 0.2) is 60.7 Å². The Balaban J connectivity index is 1.96. The fraction of sp³-hybridized carbons (Fsp3) is 0.500. The Kier molecular flexibility index (Phi) is 24.0. The Labute approximate surface area is 378 Å². The van der Waals surface area contributed by atoms with Crippen LogP contribution in [0.1, 0.15) is 71.4 Å². The number of carboxylic acids is 1. The van der Waals surface area contributed by atoms with Crippen molar-refractivity contribution in [3.05, 3.63) is 71.8 Å². The van der Waals surface area contributed by atoms with Crippen LogP contribution in [-0.4, -0.2) is 127 Å². The SMILES string of the molecule is CC(=O)N[C@@H](Cc1ccccc1)C(=O)N[C@@H](CC(C)C)C(=O)N[C@@H](C)C(=O)NCC(=O)N[C@@H](CCCCN)C(=O)NCC(=O)N[C@@H](C)C(=O)N[C@@H](Cc1ccccc1)C(=O)NCC(=O)O. The van der Waals surface area contributed by atoms with E-state index in [9.17, 15) is 47.9 Å². The lowest BCUT2D eigenvalue weighted by atomic mass is 10.0. The number of rotatable bonds is 28. The number of carbonyl (C=O) groups is 10. The summed E-state index contributed by atoms with van der Waals surface area (Å²) >= 11 is 0. The molecule has 21 nitrogen and oxygen atoms in total. The highest BCUT2D eigenvalue weighted by atomic mass is 16.4. The number of hydrogen-bond acceptors (Lipinski definition) is 11.